The molecule has 0 aliphatic heterocycles. The highest BCUT2D eigenvalue weighted by Gasteiger charge is 2.36. The zero-order chi connectivity index (χ0) is 17.1. The number of ether oxygens (including phenoxy) is 1. The van der Waals surface area contributed by atoms with Crippen molar-refractivity contribution in [1.82, 2.24) is 25.1 Å². The predicted octanol–water partition coefficient (Wildman–Crippen LogP) is 2.09. The highest BCUT2D eigenvalue weighted by atomic mass is 16.5. The first-order valence-electron chi connectivity index (χ1n) is 8.42. The zero-order valence-corrected chi connectivity index (χ0v) is 13.8. The summed E-state index contributed by atoms with van der Waals surface area (Å²) in [6, 6.07) is 13.6. The Bertz CT molecular complexity index is 871. The maximum Gasteiger partial charge on any atom is 0.258 e. The third-order valence-electron chi connectivity index (χ3n) is 4.65. The molecule has 0 spiro atoms. The molecule has 3 aromatic rings. The number of carbonyl (C=O) groups is 1. The minimum atomic E-state index is -0.284. The van der Waals surface area contributed by atoms with Crippen molar-refractivity contribution in [1.29, 1.82) is 0 Å². The molecule has 2 aromatic heterocycles. The number of nitrogens with zero attached hydrogens (tertiary/aromatic N) is 4. The van der Waals surface area contributed by atoms with E-state index in [1.165, 1.54) is 10.8 Å². The average molecular weight is 337 g/mol. The third-order valence-corrected chi connectivity index (χ3v) is 4.65. The second-order valence-corrected chi connectivity index (χ2v) is 6.30. The molecule has 1 N–H and O–H groups in total. The second-order valence-electron chi connectivity index (χ2n) is 6.30. The molecule has 2 heterocycles. The molecule has 7 nitrogen and oxygen atoms in total. The van der Waals surface area contributed by atoms with Gasteiger partial charge in [-0.05, 0) is 24.5 Å². The molecule has 0 saturated heterocycles. The van der Waals surface area contributed by atoms with Crippen molar-refractivity contribution < 1.29 is 9.53 Å². The number of aromatic nitrogens is 4. The molecule has 0 unspecified atom stereocenters. The summed E-state index contributed by atoms with van der Waals surface area (Å²) in [5.41, 5.74) is 1.50. The minimum Gasteiger partial charge on any atom is -0.467 e. The molecule has 128 valence electrons. The van der Waals surface area contributed by atoms with Gasteiger partial charge in [0.05, 0.1) is 5.54 Å². The van der Waals surface area contributed by atoms with Crippen LogP contribution in [0.3, 0.4) is 0 Å². The van der Waals surface area contributed by atoms with E-state index in [1.54, 1.807) is 12.1 Å². The Labute approximate surface area is 145 Å². The lowest BCUT2D eigenvalue weighted by Gasteiger charge is -2.31. The summed E-state index contributed by atoms with van der Waals surface area (Å²) >= 11 is 0. The SMILES string of the molecule is O=C(COc1ccc2nncn2n1)NC1(c2ccccc2)CCCC1. The van der Waals surface area contributed by atoms with Gasteiger partial charge in [0, 0.05) is 6.07 Å². The van der Waals surface area contributed by atoms with Crippen LogP contribution in [0.15, 0.2) is 48.8 Å². The summed E-state index contributed by atoms with van der Waals surface area (Å²) in [6.45, 7) is -0.0742. The van der Waals surface area contributed by atoms with Gasteiger partial charge in [-0.1, -0.05) is 43.2 Å². The molecule has 0 bridgehead atoms. The van der Waals surface area contributed by atoms with Gasteiger partial charge in [-0.2, -0.15) is 4.52 Å². The lowest BCUT2D eigenvalue weighted by atomic mass is 9.88. The lowest BCUT2D eigenvalue weighted by Crippen LogP contribution is -2.45. The van der Waals surface area contributed by atoms with Gasteiger partial charge in [0.25, 0.3) is 5.91 Å². The number of fused-ring (bicyclic) bond motifs is 1. The summed E-state index contributed by atoms with van der Waals surface area (Å²) in [7, 11) is 0. The third kappa shape index (κ3) is 3.17. The number of hydrogen-bond acceptors (Lipinski definition) is 5. The van der Waals surface area contributed by atoms with Gasteiger partial charge in [0.2, 0.25) is 5.88 Å². The highest BCUT2D eigenvalue weighted by Crippen LogP contribution is 2.38. The summed E-state index contributed by atoms with van der Waals surface area (Å²) in [5.74, 6) is 0.221. The van der Waals surface area contributed by atoms with E-state index in [4.69, 9.17) is 4.74 Å². The molecule has 1 aliphatic rings. The minimum absolute atomic E-state index is 0.0742. The Morgan fingerprint density at radius 2 is 1.96 bits per heavy atom. The Morgan fingerprint density at radius 1 is 1.16 bits per heavy atom. The number of rotatable bonds is 5. The van der Waals surface area contributed by atoms with Crippen molar-refractivity contribution in [3.05, 3.63) is 54.4 Å². The standard InChI is InChI=1S/C18H19N5O2/c24-16(12-25-17-9-8-15-21-19-13-23(15)22-17)20-18(10-4-5-11-18)14-6-2-1-3-7-14/h1-3,6-9,13H,4-5,10-12H2,(H,20,24). The van der Waals surface area contributed by atoms with Crippen molar-refractivity contribution in [2.75, 3.05) is 6.61 Å². The largest absolute Gasteiger partial charge is 0.467 e. The van der Waals surface area contributed by atoms with Crippen LogP contribution < -0.4 is 10.1 Å². The maximum absolute atomic E-state index is 12.5. The van der Waals surface area contributed by atoms with Gasteiger partial charge in [-0.25, -0.2) is 0 Å². The number of hydrogen-bond donors (Lipinski definition) is 1. The van der Waals surface area contributed by atoms with Gasteiger partial charge in [-0.15, -0.1) is 15.3 Å². The Morgan fingerprint density at radius 3 is 2.76 bits per heavy atom. The van der Waals surface area contributed by atoms with E-state index in [-0.39, 0.29) is 18.1 Å². The topological polar surface area (TPSA) is 81.4 Å². The van der Waals surface area contributed by atoms with E-state index in [0.29, 0.717) is 11.5 Å². The van der Waals surface area contributed by atoms with Crippen molar-refractivity contribution in [3.63, 3.8) is 0 Å². The Kier molecular flexibility index (Phi) is 4.05. The first-order valence-corrected chi connectivity index (χ1v) is 8.42. The smallest absolute Gasteiger partial charge is 0.258 e. The van der Waals surface area contributed by atoms with Crippen LogP contribution in [0, 0.1) is 0 Å². The normalized spacial score (nSPS) is 16.0. The number of amides is 1. The zero-order valence-electron chi connectivity index (χ0n) is 13.8. The number of carbonyl (C=O) groups excluding carboxylic acids is 1. The van der Waals surface area contributed by atoms with Crippen LogP contribution in [-0.2, 0) is 10.3 Å². The summed E-state index contributed by atoms with van der Waals surface area (Å²) in [6.07, 6.45) is 5.62. The molecule has 1 amide bonds. The first-order chi connectivity index (χ1) is 12.3. The molecule has 4 rings (SSSR count). The number of benzene rings is 1. The summed E-state index contributed by atoms with van der Waals surface area (Å²) in [5, 5.41) is 15.0. The first kappa shape index (κ1) is 15.6. The van der Waals surface area contributed by atoms with E-state index in [2.05, 4.69) is 32.7 Å². The van der Waals surface area contributed by atoms with Crippen LogP contribution in [0.25, 0.3) is 5.65 Å². The van der Waals surface area contributed by atoms with Crippen molar-refractivity contribution in [2.24, 2.45) is 0 Å². The van der Waals surface area contributed by atoms with Crippen molar-refractivity contribution >= 4 is 11.6 Å². The molecule has 1 saturated carbocycles. The van der Waals surface area contributed by atoms with E-state index >= 15 is 0 Å². The van der Waals surface area contributed by atoms with Crippen LogP contribution in [0.2, 0.25) is 0 Å². The average Bonchev–Trinajstić information content (AvgIpc) is 3.30. The predicted molar refractivity (Wildman–Crippen MR) is 91.0 cm³/mol. The van der Waals surface area contributed by atoms with E-state index < -0.39 is 0 Å². The fraction of sp³-hybridized carbons (Fsp3) is 0.333. The van der Waals surface area contributed by atoms with E-state index in [0.717, 1.165) is 31.2 Å². The molecule has 0 radical (unpaired) electrons. The van der Waals surface area contributed by atoms with Crippen molar-refractivity contribution in [2.45, 2.75) is 31.2 Å². The monoisotopic (exact) mass is 337 g/mol. The van der Waals surface area contributed by atoms with Crippen LogP contribution in [0.5, 0.6) is 5.88 Å². The molecular weight excluding hydrogens is 318 g/mol. The lowest BCUT2D eigenvalue weighted by molar-refractivity contribution is -0.125. The molecule has 25 heavy (non-hydrogen) atoms. The van der Waals surface area contributed by atoms with Gasteiger partial charge in [-0.3, -0.25) is 4.79 Å². The molecule has 1 aromatic carbocycles. The van der Waals surface area contributed by atoms with Gasteiger partial charge in [0.1, 0.15) is 6.33 Å². The summed E-state index contributed by atoms with van der Waals surface area (Å²) in [4.78, 5) is 12.5. The Balaban J connectivity index is 1.43. The molecule has 7 heteroatoms. The van der Waals surface area contributed by atoms with E-state index in [1.807, 2.05) is 18.2 Å². The molecular formula is C18H19N5O2. The molecule has 1 aliphatic carbocycles. The molecule has 0 atom stereocenters. The fourth-order valence-electron chi connectivity index (χ4n) is 3.45. The van der Waals surface area contributed by atoms with Crippen LogP contribution in [0.1, 0.15) is 31.2 Å². The number of nitrogens with one attached hydrogen (secondary N) is 1. The van der Waals surface area contributed by atoms with Gasteiger partial charge < -0.3 is 10.1 Å². The van der Waals surface area contributed by atoms with Crippen molar-refractivity contribution in [3.8, 4) is 5.88 Å². The van der Waals surface area contributed by atoms with Crippen LogP contribution in [0.4, 0.5) is 0 Å². The highest BCUT2D eigenvalue weighted by molar-refractivity contribution is 5.78. The summed E-state index contributed by atoms with van der Waals surface area (Å²) < 4.78 is 7.05. The maximum atomic E-state index is 12.5. The fourth-order valence-corrected chi connectivity index (χ4v) is 3.45. The van der Waals surface area contributed by atoms with E-state index in [9.17, 15) is 4.79 Å². The molecule has 1 fully saturated rings. The Hall–Kier alpha value is -2.96. The second kappa shape index (κ2) is 6.51. The van der Waals surface area contributed by atoms with Gasteiger partial charge >= 0.3 is 0 Å². The van der Waals surface area contributed by atoms with Crippen LogP contribution >= 0.6 is 0 Å². The van der Waals surface area contributed by atoms with Gasteiger partial charge in [0.15, 0.2) is 12.3 Å². The van der Waals surface area contributed by atoms with Crippen LogP contribution in [-0.4, -0.2) is 32.3 Å². The quantitative estimate of drug-likeness (QED) is 0.771.